The first-order valence-corrected chi connectivity index (χ1v) is 6.63. The molecule has 2 aliphatic heterocycles. The van der Waals surface area contributed by atoms with E-state index in [0.717, 1.165) is 30.7 Å². The highest BCUT2D eigenvalue weighted by molar-refractivity contribution is 6.04. The Balaban J connectivity index is 1.81. The Labute approximate surface area is 111 Å². The molecule has 2 aliphatic rings. The molecule has 102 valence electrons. The Morgan fingerprint density at radius 2 is 2.11 bits per heavy atom. The molecule has 6 heteroatoms. The number of urea groups is 1. The van der Waals surface area contributed by atoms with E-state index in [0.29, 0.717) is 12.4 Å². The first kappa shape index (κ1) is 12.2. The Morgan fingerprint density at radius 3 is 2.74 bits per heavy atom. The predicted molar refractivity (Wildman–Crippen MR) is 66.3 cm³/mol. The van der Waals surface area contributed by atoms with Gasteiger partial charge in [-0.15, -0.1) is 0 Å². The van der Waals surface area contributed by atoms with Crippen LogP contribution in [0.1, 0.15) is 36.6 Å². The number of carbonyl (C=O) groups excluding carboxylic acids is 2. The molecule has 6 nitrogen and oxygen atoms in total. The molecule has 0 aliphatic carbocycles. The van der Waals surface area contributed by atoms with Crippen LogP contribution >= 0.6 is 0 Å². The lowest BCUT2D eigenvalue weighted by Gasteiger charge is -2.25. The summed E-state index contributed by atoms with van der Waals surface area (Å²) in [4.78, 5) is 31.6. The highest BCUT2D eigenvalue weighted by Gasteiger charge is 2.46. The summed E-state index contributed by atoms with van der Waals surface area (Å²) >= 11 is 0. The first-order chi connectivity index (χ1) is 9.08. The normalized spacial score (nSPS) is 23.2. The average Bonchev–Trinajstić information content (AvgIpc) is 2.84. The Morgan fingerprint density at radius 1 is 1.32 bits per heavy atom. The van der Waals surface area contributed by atoms with E-state index in [1.165, 1.54) is 4.90 Å². The third-order valence-electron chi connectivity index (χ3n) is 3.90. The molecule has 3 heterocycles. The van der Waals surface area contributed by atoms with Crippen LogP contribution in [-0.4, -0.2) is 39.3 Å². The van der Waals surface area contributed by atoms with Crippen LogP contribution in [0.2, 0.25) is 0 Å². The SMILES string of the molecule is Cc1nc(CN2C(=O)C3CCCCN3C2=O)oc1C. The number of nitrogens with zero attached hydrogens (tertiary/aromatic N) is 3. The van der Waals surface area contributed by atoms with Gasteiger partial charge < -0.3 is 9.32 Å². The zero-order chi connectivity index (χ0) is 13.6. The Hall–Kier alpha value is -1.85. The van der Waals surface area contributed by atoms with Crippen LogP contribution in [0.3, 0.4) is 0 Å². The molecule has 1 unspecified atom stereocenters. The second-order valence-electron chi connectivity index (χ2n) is 5.16. The van der Waals surface area contributed by atoms with E-state index in [1.807, 2.05) is 13.8 Å². The summed E-state index contributed by atoms with van der Waals surface area (Å²) in [6.45, 7) is 4.48. The fraction of sp³-hybridized carbons (Fsp3) is 0.615. The summed E-state index contributed by atoms with van der Waals surface area (Å²) in [5.74, 6) is 1.04. The summed E-state index contributed by atoms with van der Waals surface area (Å²) < 4.78 is 5.45. The predicted octanol–water partition coefficient (Wildman–Crippen LogP) is 1.61. The number of aromatic nitrogens is 1. The van der Waals surface area contributed by atoms with Crippen molar-refractivity contribution in [1.29, 1.82) is 0 Å². The molecule has 0 spiro atoms. The number of hydrogen-bond donors (Lipinski definition) is 0. The second-order valence-corrected chi connectivity index (χ2v) is 5.16. The highest BCUT2D eigenvalue weighted by atomic mass is 16.4. The van der Waals surface area contributed by atoms with Crippen LogP contribution in [-0.2, 0) is 11.3 Å². The lowest BCUT2D eigenvalue weighted by Crippen LogP contribution is -2.38. The number of imide groups is 1. The number of rotatable bonds is 2. The molecular weight excluding hydrogens is 246 g/mol. The van der Waals surface area contributed by atoms with Crippen molar-refractivity contribution in [3.63, 3.8) is 0 Å². The van der Waals surface area contributed by atoms with Crippen LogP contribution in [0.25, 0.3) is 0 Å². The van der Waals surface area contributed by atoms with E-state index >= 15 is 0 Å². The molecule has 0 saturated carbocycles. The molecule has 2 fully saturated rings. The minimum Gasteiger partial charge on any atom is -0.444 e. The number of hydrogen-bond acceptors (Lipinski definition) is 4. The maximum absolute atomic E-state index is 12.2. The molecule has 1 aromatic rings. The number of aryl methyl sites for hydroxylation is 2. The third-order valence-corrected chi connectivity index (χ3v) is 3.90. The van der Waals surface area contributed by atoms with Gasteiger partial charge in [0.05, 0.1) is 5.69 Å². The van der Waals surface area contributed by atoms with Crippen LogP contribution < -0.4 is 0 Å². The van der Waals surface area contributed by atoms with E-state index in [4.69, 9.17) is 4.42 Å². The summed E-state index contributed by atoms with van der Waals surface area (Å²) in [5.41, 5.74) is 0.798. The molecule has 0 radical (unpaired) electrons. The molecule has 19 heavy (non-hydrogen) atoms. The smallest absolute Gasteiger partial charge is 0.327 e. The lowest BCUT2D eigenvalue weighted by molar-refractivity contribution is -0.129. The van der Waals surface area contributed by atoms with E-state index in [-0.39, 0.29) is 24.5 Å². The maximum Gasteiger partial charge on any atom is 0.327 e. The van der Waals surface area contributed by atoms with Gasteiger partial charge in [0, 0.05) is 6.54 Å². The Bertz CT molecular complexity index is 494. The van der Waals surface area contributed by atoms with Gasteiger partial charge in [-0.1, -0.05) is 0 Å². The van der Waals surface area contributed by atoms with Crippen LogP contribution in [0.4, 0.5) is 4.79 Å². The van der Waals surface area contributed by atoms with Crippen LogP contribution in [0.15, 0.2) is 4.42 Å². The van der Waals surface area contributed by atoms with Gasteiger partial charge in [-0.2, -0.15) is 0 Å². The van der Waals surface area contributed by atoms with Crippen molar-refractivity contribution < 1.29 is 14.0 Å². The Kier molecular flexibility index (Phi) is 2.80. The van der Waals surface area contributed by atoms with Gasteiger partial charge in [-0.25, -0.2) is 9.78 Å². The second kappa shape index (κ2) is 4.36. The summed E-state index contributed by atoms with van der Waals surface area (Å²) in [6.07, 6.45) is 2.75. The molecule has 1 atom stereocenters. The van der Waals surface area contributed by atoms with Crippen molar-refractivity contribution in [3.05, 3.63) is 17.3 Å². The van der Waals surface area contributed by atoms with Crippen molar-refractivity contribution in [2.45, 2.75) is 45.7 Å². The molecule has 3 amide bonds. The van der Waals surface area contributed by atoms with E-state index in [9.17, 15) is 9.59 Å². The number of amides is 3. The average molecular weight is 263 g/mol. The minimum absolute atomic E-state index is 0.113. The van der Waals surface area contributed by atoms with Crippen LogP contribution in [0.5, 0.6) is 0 Å². The number of oxazole rings is 1. The molecule has 0 N–H and O–H groups in total. The van der Waals surface area contributed by atoms with E-state index in [1.54, 1.807) is 4.90 Å². The summed E-state index contributed by atoms with van der Waals surface area (Å²) in [7, 11) is 0. The number of fused-ring (bicyclic) bond motifs is 1. The fourth-order valence-corrected chi connectivity index (χ4v) is 2.73. The van der Waals surface area contributed by atoms with Crippen molar-refractivity contribution >= 4 is 11.9 Å². The molecule has 1 aromatic heterocycles. The molecule has 0 aromatic carbocycles. The van der Waals surface area contributed by atoms with Crippen molar-refractivity contribution in [2.75, 3.05) is 6.54 Å². The van der Waals surface area contributed by atoms with Gasteiger partial charge in [0.1, 0.15) is 18.3 Å². The van der Waals surface area contributed by atoms with Gasteiger partial charge in [0.15, 0.2) is 0 Å². The van der Waals surface area contributed by atoms with E-state index < -0.39 is 0 Å². The molecular formula is C13H17N3O3. The third kappa shape index (κ3) is 1.91. The first-order valence-electron chi connectivity index (χ1n) is 6.63. The fourth-order valence-electron chi connectivity index (χ4n) is 2.73. The topological polar surface area (TPSA) is 66.7 Å². The largest absolute Gasteiger partial charge is 0.444 e. The summed E-state index contributed by atoms with van der Waals surface area (Å²) in [6, 6.07) is -0.471. The van der Waals surface area contributed by atoms with Gasteiger partial charge in [0.2, 0.25) is 5.89 Å². The number of carbonyl (C=O) groups is 2. The molecule has 2 saturated heterocycles. The zero-order valence-corrected chi connectivity index (χ0v) is 11.2. The highest BCUT2D eigenvalue weighted by Crippen LogP contribution is 2.27. The number of piperidine rings is 1. The quantitative estimate of drug-likeness (QED) is 0.760. The van der Waals surface area contributed by atoms with Gasteiger partial charge in [0.25, 0.3) is 5.91 Å². The van der Waals surface area contributed by atoms with Gasteiger partial charge >= 0.3 is 6.03 Å². The molecule has 3 rings (SSSR count). The van der Waals surface area contributed by atoms with Gasteiger partial charge in [-0.05, 0) is 33.1 Å². The minimum atomic E-state index is -0.265. The van der Waals surface area contributed by atoms with Crippen molar-refractivity contribution in [3.8, 4) is 0 Å². The standard InChI is InChI=1S/C13H17N3O3/c1-8-9(2)19-11(14-8)7-16-12(17)10-5-3-4-6-15(10)13(16)18/h10H,3-7H2,1-2H3. The zero-order valence-electron chi connectivity index (χ0n) is 11.2. The monoisotopic (exact) mass is 263 g/mol. The molecule has 0 bridgehead atoms. The summed E-state index contributed by atoms with van der Waals surface area (Å²) in [5, 5.41) is 0. The van der Waals surface area contributed by atoms with Crippen molar-refractivity contribution in [1.82, 2.24) is 14.8 Å². The van der Waals surface area contributed by atoms with Crippen LogP contribution in [0, 0.1) is 13.8 Å². The van der Waals surface area contributed by atoms with Gasteiger partial charge in [-0.3, -0.25) is 9.69 Å². The maximum atomic E-state index is 12.2. The van der Waals surface area contributed by atoms with E-state index in [2.05, 4.69) is 4.98 Å². The lowest BCUT2D eigenvalue weighted by atomic mass is 10.0. The van der Waals surface area contributed by atoms with Crippen molar-refractivity contribution in [2.24, 2.45) is 0 Å².